The summed E-state index contributed by atoms with van der Waals surface area (Å²) in [5, 5.41) is 13.6. The molecule has 3 heterocycles. The lowest BCUT2D eigenvalue weighted by Gasteiger charge is -2.24. The van der Waals surface area contributed by atoms with Gasteiger partial charge in [-0.25, -0.2) is 0 Å². The van der Waals surface area contributed by atoms with Crippen molar-refractivity contribution in [3.05, 3.63) is 18.0 Å². The lowest BCUT2D eigenvalue weighted by molar-refractivity contribution is -0.146. The minimum Gasteiger partial charge on any atom is -0.352 e. The third-order valence-electron chi connectivity index (χ3n) is 4.28. The fourth-order valence-corrected chi connectivity index (χ4v) is 2.95. The highest BCUT2D eigenvalue weighted by Crippen LogP contribution is 2.29. The van der Waals surface area contributed by atoms with E-state index in [-0.39, 0.29) is 17.6 Å². The molecule has 128 valence electrons. The standard InChI is InChI=1S/C14H15F3N6O/c15-14(16,17)13-20-19-10-5-6-11(21-23(10)13)22-7-1-2-9(22)12(24)18-8-3-4-8/h5-6,8-9H,1-4,7H2,(H,18,24)/t9-/m0/s1. The van der Waals surface area contributed by atoms with Crippen LogP contribution in [0.4, 0.5) is 19.0 Å². The van der Waals surface area contributed by atoms with Gasteiger partial charge in [0.1, 0.15) is 11.9 Å². The van der Waals surface area contributed by atoms with E-state index in [4.69, 9.17) is 0 Å². The molecule has 0 unspecified atom stereocenters. The number of aromatic nitrogens is 4. The number of anilines is 1. The number of halogens is 3. The van der Waals surface area contributed by atoms with E-state index in [0.29, 0.717) is 23.3 Å². The van der Waals surface area contributed by atoms with Gasteiger partial charge in [0.15, 0.2) is 5.65 Å². The molecule has 0 spiro atoms. The van der Waals surface area contributed by atoms with Gasteiger partial charge in [0.05, 0.1) is 0 Å². The molecule has 1 saturated heterocycles. The van der Waals surface area contributed by atoms with E-state index < -0.39 is 18.0 Å². The van der Waals surface area contributed by atoms with Crippen LogP contribution in [0.2, 0.25) is 0 Å². The zero-order valence-corrected chi connectivity index (χ0v) is 12.6. The summed E-state index contributed by atoms with van der Waals surface area (Å²) in [6.07, 6.45) is -1.22. The monoisotopic (exact) mass is 340 g/mol. The molecule has 7 nitrogen and oxygen atoms in total. The first-order valence-corrected chi connectivity index (χ1v) is 7.80. The summed E-state index contributed by atoms with van der Waals surface area (Å²) in [5.41, 5.74) is 0.0178. The Balaban J connectivity index is 1.66. The van der Waals surface area contributed by atoms with Crippen molar-refractivity contribution in [1.29, 1.82) is 0 Å². The molecule has 10 heteroatoms. The summed E-state index contributed by atoms with van der Waals surface area (Å²) in [4.78, 5) is 14.1. The number of amides is 1. The molecule has 2 aromatic heterocycles. The van der Waals surface area contributed by atoms with Crippen LogP contribution in [-0.2, 0) is 11.0 Å². The molecule has 2 fully saturated rings. The fraction of sp³-hybridized carbons (Fsp3) is 0.571. The maximum Gasteiger partial charge on any atom is 0.453 e. The lowest BCUT2D eigenvalue weighted by atomic mass is 10.2. The zero-order chi connectivity index (χ0) is 16.9. The highest BCUT2D eigenvalue weighted by molar-refractivity contribution is 5.86. The van der Waals surface area contributed by atoms with Crippen LogP contribution in [0.25, 0.3) is 5.65 Å². The lowest BCUT2D eigenvalue weighted by Crippen LogP contribution is -2.44. The van der Waals surface area contributed by atoms with E-state index in [1.54, 1.807) is 11.0 Å². The number of nitrogens with zero attached hydrogens (tertiary/aromatic N) is 5. The predicted octanol–water partition coefficient (Wildman–Crippen LogP) is 1.39. The minimum absolute atomic E-state index is 0.0178. The molecule has 1 N–H and O–H groups in total. The molecule has 2 aliphatic rings. The molecule has 0 radical (unpaired) electrons. The van der Waals surface area contributed by atoms with E-state index in [2.05, 4.69) is 20.6 Å². The van der Waals surface area contributed by atoms with E-state index >= 15 is 0 Å². The number of carbonyl (C=O) groups excluding carboxylic acids is 1. The molecule has 1 saturated carbocycles. The summed E-state index contributed by atoms with van der Waals surface area (Å²) in [7, 11) is 0. The normalized spacial score (nSPS) is 21.5. The Hall–Kier alpha value is -2.39. The molecule has 1 amide bonds. The first-order chi connectivity index (χ1) is 11.4. The third kappa shape index (κ3) is 2.65. The highest BCUT2D eigenvalue weighted by atomic mass is 19.4. The maximum atomic E-state index is 13.0. The Morgan fingerprint density at radius 1 is 1.21 bits per heavy atom. The van der Waals surface area contributed by atoms with E-state index in [1.807, 2.05) is 0 Å². The maximum absolute atomic E-state index is 13.0. The Bertz CT molecular complexity index is 784. The second kappa shape index (κ2) is 5.32. The number of nitrogens with one attached hydrogen (secondary N) is 1. The van der Waals surface area contributed by atoms with Gasteiger partial charge in [-0.1, -0.05) is 0 Å². The molecule has 1 atom stereocenters. The highest BCUT2D eigenvalue weighted by Gasteiger charge is 2.39. The SMILES string of the molecule is O=C(NC1CC1)[C@@H]1CCCN1c1ccc2nnc(C(F)(F)F)n2n1. The van der Waals surface area contributed by atoms with Crippen LogP contribution >= 0.6 is 0 Å². The van der Waals surface area contributed by atoms with E-state index in [0.717, 1.165) is 19.3 Å². The average molecular weight is 340 g/mol. The van der Waals surface area contributed by atoms with Crippen LogP contribution in [0.5, 0.6) is 0 Å². The van der Waals surface area contributed by atoms with Crippen LogP contribution in [0.15, 0.2) is 12.1 Å². The van der Waals surface area contributed by atoms with Crippen molar-refractivity contribution in [3.8, 4) is 0 Å². The van der Waals surface area contributed by atoms with Gasteiger partial charge in [-0.15, -0.1) is 15.3 Å². The molecule has 0 aromatic carbocycles. The van der Waals surface area contributed by atoms with Gasteiger partial charge in [0.25, 0.3) is 5.82 Å². The average Bonchev–Trinajstić information content (AvgIpc) is 3.04. The van der Waals surface area contributed by atoms with E-state index in [9.17, 15) is 18.0 Å². The van der Waals surface area contributed by atoms with Crippen molar-refractivity contribution in [2.45, 2.75) is 43.9 Å². The molecule has 1 aliphatic carbocycles. The third-order valence-corrected chi connectivity index (χ3v) is 4.28. The van der Waals surface area contributed by atoms with Crippen LogP contribution < -0.4 is 10.2 Å². The van der Waals surface area contributed by atoms with E-state index in [1.165, 1.54) is 6.07 Å². The summed E-state index contributed by atoms with van der Waals surface area (Å²) in [6.45, 7) is 0.574. The molecule has 2 aromatic rings. The van der Waals surface area contributed by atoms with Gasteiger partial charge < -0.3 is 10.2 Å². The minimum atomic E-state index is -4.64. The van der Waals surface area contributed by atoms with Crippen molar-refractivity contribution >= 4 is 17.4 Å². The van der Waals surface area contributed by atoms with Gasteiger partial charge >= 0.3 is 6.18 Å². The molecule has 1 aliphatic heterocycles. The van der Waals surface area contributed by atoms with Crippen LogP contribution in [-0.4, -0.2) is 44.3 Å². The summed E-state index contributed by atoms with van der Waals surface area (Å²) in [6, 6.07) is 2.84. The molecular formula is C14H15F3N6O. The second-order valence-electron chi connectivity index (χ2n) is 6.12. The number of hydrogen-bond acceptors (Lipinski definition) is 5. The smallest absolute Gasteiger partial charge is 0.352 e. The van der Waals surface area contributed by atoms with Crippen LogP contribution in [0.3, 0.4) is 0 Å². The Morgan fingerprint density at radius 3 is 2.71 bits per heavy atom. The predicted molar refractivity (Wildman–Crippen MR) is 77.3 cm³/mol. The topological polar surface area (TPSA) is 75.4 Å². The van der Waals surface area contributed by atoms with Crippen molar-refractivity contribution in [1.82, 2.24) is 25.1 Å². The Kier molecular flexibility index (Phi) is 3.36. The summed E-state index contributed by atoms with van der Waals surface area (Å²) >= 11 is 0. The van der Waals surface area contributed by atoms with Crippen molar-refractivity contribution in [3.63, 3.8) is 0 Å². The number of rotatable bonds is 3. The number of alkyl halides is 3. The van der Waals surface area contributed by atoms with Crippen molar-refractivity contribution in [2.75, 3.05) is 11.4 Å². The van der Waals surface area contributed by atoms with Crippen molar-refractivity contribution in [2.24, 2.45) is 0 Å². The van der Waals surface area contributed by atoms with Crippen LogP contribution in [0, 0.1) is 0 Å². The van der Waals surface area contributed by atoms with Crippen LogP contribution in [0.1, 0.15) is 31.5 Å². The number of fused-ring (bicyclic) bond motifs is 1. The number of carbonyl (C=O) groups is 1. The molecule has 4 rings (SSSR count). The summed E-state index contributed by atoms with van der Waals surface area (Å²) < 4.78 is 39.6. The largest absolute Gasteiger partial charge is 0.453 e. The number of hydrogen-bond donors (Lipinski definition) is 1. The second-order valence-corrected chi connectivity index (χ2v) is 6.12. The van der Waals surface area contributed by atoms with Gasteiger partial charge in [-0.2, -0.15) is 17.7 Å². The quantitative estimate of drug-likeness (QED) is 0.914. The first-order valence-electron chi connectivity index (χ1n) is 7.80. The first kappa shape index (κ1) is 15.2. The van der Waals surface area contributed by atoms with Gasteiger partial charge in [-0.05, 0) is 37.8 Å². The molecule has 24 heavy (non-hydrogen) atoms. The summed E-state index contributed by atoms with van der Waals surface area (Å²) in [5.74, 6) is -0.935. The Morgan fingerprint density at radius 2 is 2.00 bits per heavy atom. The Labute approximate surface area is 134 Å². The zero-order valence-electron chi connectivity index (χ0n) is 12.6. The fourth-order valence-electron chi connectivity index (χ4n) is 2.95. The molecule has 0 bridgehead atoms. The van der Waals surface area contributed by atoms with Gasteiger partial charge in [0.2, 0.25) is 5.91 Å². The molecular weight excluding hydrogens is 325 g/mol. The van der Waals surface area contributed by atoms with Gasteiger partial charge in [-0.3, -0.25) is 4.79 Å². The van der Waals surface area contributed by atoms with Gasteiger partial charge in [0, 0.05) is 12.6 Å². The van der Waals surface area contributed by atoms with Crippen molar-refractivity contribution < 1.29 is 18.0 Å².